The molecule has 0 spiro atoms. The van der Waals surface area contributed by atoms with Gasteiger partial charge >= 0.3 is 0 Å². The molecule has 1 aromatic carbocycles. The van der Waals surface area contributed by atoms with E-state index in [1.54, 1.807) is 6.07 Å². The van der Waals surface area contributed by atoms with Crippen molar-refractivity contribution in [1.82, 2.24) is 35.6 Å². The zero-order chi connectivity index (χ0) is 16.8. The summed E-state index contributed by atoms with van der Waals surface area (Å²) >= 11 is 0. The summed E-state index contributed by atoms with van der Waals surface area (Å²) < 4.78 is 19.3. The van der Waals surface area contributed by atoms with Crippen LogP contribution in [0.5, 0.6) is 0 Å². The van der Waals surface area contributed by atoms with Gasteiger partial charge in [0.2, 0.25) is 5.82 Å². The first-order chi connectivity index (χ1) is 12.3. The Bertz CT molecular complexity index is 1050. The molecule has 0 aliphatic carbocycles. The Morgan fingerprint density at radius 1 is 1.28 bits per heavy atom. The van der Waals surface area contributed by atoms with E-state index < -0.39 is 0 Å². The first kappa shape index (κ1) is 14.2. The zero-order valence-electron chi connectivity index (χ0n) is 13.0. The van der Waals surface area contributed by atoms with Crippen LogP contribution in [0.1, 0.15) is 11.9 Å². The third-order valence-electron chi connectivity index (χ3n) is 4.35. The summed E-state index contributed by atoms with van der Waals surface area (Å²) in [5.41, 5.74) is 1.37. The highest BCUT2D eigenvalue weighted by Gasteiger charge is 2.27. The fourth-order valence-corrected chi connectivity index (χ4v) is 3.23. The van der Waals surface area contributed by atoms with E-state index in [1.807, 2.05) is 0 Å². The number of nitrogens with zero attached hydrogens (tertiary/aromatic N) is 6. The third kappa shape index (κ3) is 2.30. The van der Waals surface area contributed by atoms with Crippen LogP contribution in [0.3, 0.4) is 0 Å². The SMILES string of the molecule is Fc1ccc2c(c1)[nH]c1ncnc(N3CCOC(c4nn[nH]n4)C3)c12. The van der Waals surface area contributed by atoms with Crippen molar-refractivity contribution in [3.63, 3.8) is 0 Å². The second-order valence-corrected chi connectivity index (χ2v) is 5.81. The maximum atomic E-state index is 13.5. The molecule has 4 heterocycles. The topological polar surface area (TPSA) is 109 Å². The lowest BCUT2D eigenvalue weighted by molar-refractivity contribution is 0.0339. The molecule has 2 N–H and O–H groups in total. The number of aromatic nitrogens is 7. The maximum absolute atomic E-state index is 13.5. The van der Waals surface area contributed by atoms with Gasteiger partial charge in [-0.3, -0.25) is 0 Å². The molecule has 126 valence electrons. The second kappa shape index (κ2) is 5.45. The highest BCUT2D eigenvalue weighted by molar-refractivity contribution is 6.11. The minimum Gasteiger partial charge on any atom is -0.366 e. The van der Waals surface area contributed by atoms with Gasteiger partial charge in [-0.1, -0.05) is 5.21 Å². The van der Waals surface area contributed by atoms with Gasteiger partial charge in [0.15, 0.2) is 0 Å². The predicted molar refractivity (Wildman–Crippen MR) is 86.4 cm³/mol. The molecule has 3 aromatic heterocycles. The molecule has 0 saturated carbocycles. The number of aromatic amines is 2. The van der Waals surface area contributed by atoms with Crippen LogP contribution in [0.2, 0.25) is 0 Å². The number of nitrogens with one attached hydrogen (secondary N) is 2. The molecule has 5 rings (SSSR count). The van der Waals surface area contributed by atoms with Gasteiger partial charge in [-0.2, -0.15) is 5.21 Å². The molecule has 1 atom stereocenters. The van der Waals surface area contributed by atoms with E-state index in [0.29, 0.717) is 36.7 Å². The van der Waals surface area contributed by atoms with Crippen LogP contribution in [-0.4, -0.2) is 55.3 Å². The van der Waals surface area contributed by atoms with Crippen molar-refractivity contribution in [3.05, 3.63) is 36.2 Å². The van der Waals surface area contributed by atoms with Crippen molar-refractivity contribution in [2.75, 3.05) is 24.6 Å². The zero-order valence-corrected chi connectivity index (χ0v) is 13.0. The summed E-state index contributed by atoms with van der Waals surface area (Å²) in [6.45, 7) is 1.73. The number of hydrogen-bond acceptors (Lipinski definition) is 7. The Kier molecular flexibility index (Phi) is 3.10. The Morgan fingerprint density at radius 3 is 3.12 bits per heavy atom. The smallest absolute Gasteiger partial charge is 0.205 e. The molecule has 0 radical (unpaired) electrons. The highest BCUT2D eigenvalue weighted by Crippen LogP contribution is 2.33. The Hall–Kier alpha value is -3.14. The van der Waals surface area contributed by atoms with Crippen molar-refractivity contribution in [1.29, 1.82) is 0 Å². The molecule has 1 saturated heterocycles. The number of halogens is 1. The average molecular weight is 340 g/mol. The van der Waals surface area contributed by atoms with Crippen molar-refractivity contribution in [2.45, 2.75) is 6.10 Å². The number of benzene rings is 1. The van der Waals surface area contributed by atoms with Gasteiger partial charge in [0.25, 0.3) is 0 Å². The minimum absolute atomic E-state index is 0.292. The second-order valence-electron chi connectivity index (χ2n) is 5.81. The lowest BCUT2D eigenvalue weighted by Crippen LogP contribution is -2.39. The number of hydrogen-bond donors (Lipinski definition) is 2. The quantitative estimate of drug-likeness (QED) is 0.567. The summed E-state index contributed by atoms with van der Waals surface area (Å²) in [6.07, 6.45) is 1.21. The van der Waals surface area contributed by atoms with Gasteiger partial charge < -0.3 is 14.6 Å². The van der Waals surface area contributed by atoms with E-state index in [0.717, 1.165) is 16.6 Å². The first-order valence-electron chi connectivity index (χ1n) is 7.81. The first-order valence-corrected chi connectivity index (χ1v) is 7.81. The van der Waals surface area contributed by atoms with Gasteiger partial charge in [-0.15, -0.1) is 10.2 Å². The predicted octanol–water partition coefficient (Wildman–Crippen LogP) is 1.34. The number of morpholine rings is 1. The molecule has 1 unspecified atom stereocenters. The molecule has 9 nitrogen and oxygen atoms in total. The minimum atomic E-state index is -0.294. The third-order valence-corrected chi connectivity index (χ3v) is 4.35. The monoisotopic (exact) mass is 340 g/mol. The molecule has 0 amide bonds. The van der Waals surface area contributed by atoms with E-state index in [9.17, 15) is 4.39 Å². The van der Waals surface area contributed by atoms with E-state index >= 15 is 0 Å². The van der Waals surface area contributed by atoms with Gasteiger partial charge in [0.1, 0.15) is 29.7 Å². The summed E-state index contributed by atoms with van der Waals surface area (Å²) in [5, 5.41) is 15.8. The number of tetrazole rings is 1. The summed E-state index contributed by atoms with van der Waals surface area (Å²) in [7, 11) is 0. The lowest BCUT2D eigenvalue weighted by Gasteiger charge is -2.32. The number of ether oxygens (including phenoxy) is 1. The normalized spacial score (nSPS) is 18.3. The van der Waals surface area contributed by atoms with Crippen LogP contribution in [0.15, 0.2) is 24.5 Å². The van der Waals surface area contributed by atoms with Gasteiger partial charge in [-0.05, 0) is 18.2 Å². The number of fused-ring (bicyclic) bond motifs is 3. The molecular formula is C15H13FN8O. The molecule has 10 heteroatoms. The van der Waals surface area contributed by atoms with Crippen molar-refractivity contribution >= 4 is 27.8 Å². The number of anilines is 1. The van der Waals surface area contributed by atoms with E-state index in [1.165, 1.54) is 18.5 Å². The van der Waals surface area contributed by atoms with Crippen molar-refractivity contribution in [2.24, 2.45) is 0 Å². The van der Waals surface area contributed by atoms with Crippen LogP contribution >= 0.6 is 0 Å². The van der Waals surface area contributed by atoms with Crippen LogP contribution in [0.25, 0.3) is 21.9 Å². The Labute approximate surface area is 140 Å². The Morgan fingerprint density at radius 2 is 2.24 bits per heavy atom. The number of H-pyrrole nitrogens is 2. The highest BCUT2D eigenvalue weighted by atomic mass is 19.1. The summed E-state index contributed by atoms with van der Waals surface area (Å²) in [6, 6.07) is 4.64. The molecule has 0 bridgehead atoms. The van der Waals surface area contributed by atoms with E-state index in [2.05, 4.69) is 40.5 Å². The van der Waals surface area contributed by atoms with Crippen LogP contribution in [-0.2, 0) is 4.74 Å². The summed E-state index contributed by atoms with van der Waals surface area (Å²) in [5.74, 6) is 0.993. The van der Waals surface area contributed by atoms with Crippen molar-refractivity contribution < 1.29 is 9.13 Å². The summed E-state index contributed by atoms with van der Waals surface area (Å²) in [4.78, 5) is 14.0. The molecule has 1 aliphatic rings. The average Bonchev–Trinajstić information content (AvgIpc) is 3.28. The molecule has 25 heavy (non-hydrogen) atoms. The lowest BCUT2D eigenvalue weighted by atomic mass is 10.1. The number of rotatable bonds is 2. The van der Waals surface area contributed by atoms with Gasteiger partial charge in [0.05, 0.1) is 24.1 Å². The molecular weight excluding hydrogens is 327 g/mol. The van der Waals surface area contributed by atoms with Gasteiger partial charge in [0, 0.05) is 11.9 Å². The largest absolute Gasteiger partial charge is 0.366 e. The maximum Gasteiger partial charge on any atom is 0.205 e. The standard InChI is InChI=1S/C15H13FN8O/c16-8-1-2-9-10(5-8)19-14-12(9)15(18-7-17-14)24-3-4-25-11(6-24)13-20-22-23-21-13/h1-2,5,7,11H,3-4,6H2,(H,17,18,19)(H,20,21,22,23). The molecule has 1 aliphatic heterocycles. The van der Waals surface area contributed by atoms with E-state index in [-0.39, 0.29) is 11.9 Å². The van der Waals surface area contributed by atoms with Crippen LogP contribution in [0, 0.1) is 5.82 Å². The molecule has 4 aromatic rings. The van der Waals surface area contributed by atoms with Crippen LogP contribution in [0.4, 0.5) is 10.2 Å². The fourth-order valence-electron chi connectivity index (χ4n) is 3.23. The van der Waals surface area contributed by atoms with Gasteiger partial charge in [-0.25, -0.2) is 14.4 Å². The fraction of sp³-hybridized carbons (Fsp3) is 0.267. The van der Waals surface area contributed by atoms with E-state index in [4.69, 9.17) is 4.74 Å². The van der Waals surface area contributed by atoms with Crippen molar-refractivity contribution in [3.8, 4) is 0 Å². The Balaban J connectivity index is 1.61. The molecule has 1 fully saturated rings. The van der Waals surface area contributed by atoms with Crippen LogP contribution < -0.4 is 4.90 Å².